The minimum Gasteiger partial charge on any atom is -0.451 e. The summed E-state index contributed by atoms with van der Waals surface area (Å²) in [6.45, 7) is 4.37. The van der Waals surface area contributed by atoms with Crippen molar-refractivity contribution in [2.24, 2.45) is 0 Å². The van der Waals surface area contributed by atoms with Crippen molar-refractivity contribution in [3.8, 4) is 6.07 Å². The van der Waals surface area contributed by atoms with Gasteiger partial charge < -0.3 is 15.4 Å². The molecule has 0 saturated carbocycles. The lowest BCUT2D eigenvalue weighted by Gasteiger charge is -2.23. The van der Waals surface area contributed by atoms with Crippen LogP contribution in [0.1, 0.15) is 39.2 Å². The predicted octanol–water partition coefficient (Wildman–Crippen LogP) is 1.54. The molecule has 4 amide bonds. The van der Waals surface area contributed by atoms with E-state index >= 15 is 0 Å². The molecule has 2 N–H and O–H groups in total. The van der Waals surface area contributed by atoms with E-state index in [2.05, 4.69) is 10.6 Å². The summed E-state index contributed by atoms with van der Waals surface area (Å²) >= 11 is 0. The van der Waals surface area contributed by atoms with Crippen molar-refractivity contribution >= 4 is 29.5 Å². The van der Waals surface area contributed by atoms with Crippen LogP contribution in [0, 0.1) is 11.3 Å². The van der Waals surface area contributed by atoms with E-state index in [0.717, 1.165) is 4.90 Å². The zero-order chi connectivity index (χ0) is 20.9. The molecule has 1 aromatic rings. The topological polar surface area (TPSA) is 129 Å². The highest BCUT2D eigenvalue weighted by molar-refractivity contribution is 6.08. The van der Waals surface area contributed by atoms with Gasteiger partial charge in [0.1, 0.15) is 12.1 Å². The van der Waals surface area contributed by atoms with Crippen LogP contribution in [0.5, 0.6) is 0 Å². The molecule has 2 rings (SSSR count). The van der Waals surface area contributed by atoms with Crippen molar-refractivity contribution in [2.45, 2.75) is 45.3 Å². The maximum absolute atomic E-state index is 12.5. The maximum Gasteiger partial charge on any atom is 0.327 e. The summed E-state index contributed by atoms with van der Waals surface area (Å²) in [6, 6.07) is 7.49. The molecule has 28 heavy (non-hydrogen) atoms. The molecule has 1 aliphatic heterocycles. The Hall–Kier alpha value is -3.41. The standard InChI is InChI=1S/C19H22N4O5/c1-4-19(5-2)17(26)23(18(27)22-19)11-15(24)28-12(3)16(25)21-14-8-6-13(10-20)7-9-14/h6-9,12H,4-5,11H2,1-3H3,(H,21,25)(H,22,27)/t12-/m0/s1. The molecule has 0 radical (unpaired) electrons. The minimum atomic E-state index is -1.13. The van der Waals surface area contributed by atoms with Crippen molar-refractivity contribution in [2.75, 3.05) is 11.9 Å². The molecule has 1 heterocycles. The Balaban J connectivity index is 1.93. The lowest BCUT2D eigenvalue weighted by atomic mass is 9.93. The average molecular weight is 386 g/mol. The number of nitrogens with one attached hydrogen (secondary N) is 2. The fraction of sp³-hybridized carbons (Fsp3) is 0.421. The quantitative estimate of drug-likeness (QED) is 0.540. The Morgan fingerprint density at radius 3 is 2.36 bits per heavy atom. The molecule has 1 saturated heterocycles. The Kier molecular flexibility index (Phi) is 6.36. The number of hydrogen-bond donors (Lipinski definition) is 2. The van der Waals surface area contributed by atoms with Gasteiger partial charge in [0.15, 0.2) is 6.10 Å². The molecule has 0 unspecified atom stereocenters. The molecule has 0 aromatic heterocycles. The van der Waals surface area contributed by atoms with Crippen molar-refractivity contribution in [3.63, 3.8) is 0 Å². The number of esters is 1. The number of imide groups is 1. The first kappa shape index (κ1) is 20.9. The molecular formula is C19H22N4O5. The van der Waals surface area contributed by atoms with Gasteiger partial charge in [-0.2, -0.15) is 5.26 Å². The molecule has 9 heteroatoms. The van der Waals surface area contributed by atoms with Gasteiger partial charge >= 0.3 is 12.0 Å². The summed E-state index contributed by atoms with van der Waals surface area (Å²) < 4.78 is 5.05. The van der Waals surface area contributed by atoms with Crippen molar-refractivity contribution in [1.82, 2.24) is 10.2 Å². The number of rotatable bonds is 7. The molecule has 9 nitrogen and oxygen atoms in total. The fourth-order valence-corrected chi connectivity index (χ4v) is 2.84. The average Bonchev–Trinajstić information content (AvgIpc) is 2.93. The highest BCUT2D eigenvalue weighted by Gasteiger charge is 2.49. The van der Waals surface area contributed by atoms with Crippen molar-refractivity contribution in [1.29, 1.82) is 5.26 Å². The van der Waals surface area contributed by atoms with Crippen LogP contribution >= 0.6 is 0 Å². The van der Waals surface area contributed by atoms with Crippen LogP contribution in [0.25, 0.3) is 0 Å². The van der Waals surface area contributed by atoms with Gasteiger partial charge in [-0.15, -0.1) is 0 Å². The second-order valence-electron chi connectivity index (χ2n) is 6.42. The maximum atomic E-state index is 12.5. The van der Waals surface area contributed by atoms with Crippen LogP contribution in [-0.2, 0) is 19.1 Å². The molecule has 0 spiro atoms. The monoisotopic (exact) mass is 386 g/mol. The zero-order valence-corrected chi connectivity index (χ0v) is 15.9. The van der Waals surface area contributed by atoms with Gasteiger partial charge in [0.25, 0.3) is 11.8 Å². The normalized spacial score (nSPS) is 16.1. The number of carbonyl (C=O) groups is 4. The summed E-state index contributed by atoms with van der Waals surface area (Å²) in [5.74, 6) is -1.92. The largest absolute Gasteiger partial charge is 0.451 e. The highest BCUT2D eigenvalue weighted by Crippen LogP contribution is 2.24. The predicted molar refractivity (Wildman–Crippen MR) is 98.9 cm³/mol. The van der Waals surface area contributed by atoms with Gasteiger partial charge in [0, 0.05) is 5.69 Å². The van der Waals surface area contributed by atoms with Crippen molar-refractivity contribution in [3.05, 3.63) is 29.8 Å². The number of hydrogen-bond acceptors (Lipinski definition) is 6. The third-order valence-electron chi connectivity index (χ3n) is 4.70. The van der Waals surface area contributed by atoms with E-state index in [0.29, 0.717) is 24.1 Å². The van der Waals surface area contributed by atoms with E-state index in [1.165, 1.54) is 19.1 Å². The van der Waals surface area contributed by atoms with Crippen LogP contribution in [0.2, 0.25) is 0 Å². The molecule has 148 valence electrons. The SMILES string of the molecule is CCC1(CC)NC(=O)N(CC(=O)O[C@@H](C)C(=O)Nc2ccc(C#N)cc2)C1=O. The summed E-state index contributed by atoms with van der Waals surface area (Å²) in [5, 5.41) is 13.9. The number of urea groups is 1. The van der Waals surface area contributed by atoms with E-state index in [4.69, 9.17) is 10.00 Å². The number of benzene rings is 1. The van der Waals surface area contributed by atoms with Crippen LogP contribution in [-0.4, -0.2) is 46.9 Å². The second kappa shape index (κ2) is 8.52. The first-order chi connectivity index (χ1) is 13.3. The summed E-state index contributed by atoms with van der Waals surface area (Å²) in [4.78, 5) is 49.6. The molecule has 0 bridgehead atoms. The van der Waals surface area contributed by atoms with Crippen LogP contribution < -0.4 is 10.6 Å². The number of nitrogens with zero attached hydrogens (tertiary/aromatic N) is 2. The Morgan fingerprint density at radius 2 is 1.86 bits per heavy atom. The van der Waals surface area contributed by atoms with Gasteiger partial charge in [-0.1, -0.05) is 13.8 Å². The molecule has 1 fully saturated rings. The van der Waals surface area contributed by atoms with Crippen LogP contribution in [0.4, 0.5) is 10.5 Å². The van der Waals surface area contributed by atoms with Gasteiger partial charge in [-0.25, -0.2) is 4.79 Å². The lowest BCUT2D eigenvalue weighted by molar-refractivity contribution is -0.155. The summed E-state index contributed by atoms with van der Waals surface area (Å²) in [7, 11) is 0. The molecule has 1 aromatic carbocycles. The summed E-state index contributed by atoms with van der Waals surface area (Å²) in [5.41, 5.74) is -0.117. The number of amides is 4. The first-order valence-corrected chi connectivity index (χ1v) is 8.91. The fourth-order valence-electron chi connectivity index (χ4n) is 2.84. The van der Waals surface area contributed by atoms with E-state index in [9.17, 15) is 19.2 Å². The molecule has 1 atom stereocenters. The number of ether oxygens (including phenoxy) is 1. The summed E-state index contributed by atoms with van der Waals surface area (Å²) in [6.07, 6.45) is -0.322. The minimum absolute atomic E-state index is 0.406. The van der Waals surface area contributed by atoms with Gasteiger partial charge in [-0.3, -0.25) is 19.3 Å². The Bertz CT molecular complexity index is 824. The molecular weight excluding hydrogens is 364 g/mol. The van der Waals surface area contributed by atoms with E-state index in [-0.39, 0.29) is 0 Å². The smallest absolute Gasteiger partial charge is 0.327 e. The Morgan fingerprint density at radius 1 is 1.25 bits per heavy atom. The van der Waals surface area contributed by atoms with E-state index in [1.807, 2.05) is 6.07 Å². The van der Waals surface area contributed by atoms with Crippen LogP contribution in [0.3, 0.4) is 0 Å². The van der Waals surface area contributed by atoms with Gasteiger partial charge in [0.05, 0.1) is 11.6 Å². The third kappa shape index (κ3) is 4.28. The molecule has 1 aliphatic rings. The van der Waals surface area contributed by atoms with E-state index < -0.39 is 42.0 Å². The third-order valence-corrected chi connectivity index (χ3v) is 4.70. The zero-order valence-electron chi connectivity index (χ0n) is 15.9. The van der Waals surface area contributed by atoms with Gasteiger partial charge in [-0.05, 0) is 44.0 Å². The number of nitriles is 1. The van der Waals surface area contributed by atoms with Crippen LogP contribution in [0.15, 0.2) is 24.3 Å². The number of anilines is 1. The highest BCUT2D eigenvalue weighted by atomic mass is 16.5. The second-order valence-corrected chi connectivity index (χ2v) is 6.42. The van der Waals surface area contributed by atoms with E-state index in [1.54, 1.807) is 26.0 Å². The Labute approximate surface area is 162 Å². The first-order valence-electron chi connectivity index (χ1n) is 8.91. The van der Waals surface area contributed by atoms with Crippen molar-refractivity contribution < 1.29 is 23.9 Å². The molecule has 0 aliphatic carbocycles. The van der Waals surface area contributed by atoms with Gasteiger partial charge in [0.2, 0.25) is 0 Å². The number of carbonyl (C=O) groups excluding carboxylic acids is 4. The lowest BCUT2D eigenvalue weighted by Crippen LogP contribution is -2.46.